The van der Waals surface area contributed by atoms with Gasteiger partial charge in [-0.2, -0.15) is 14.6 Å². The molecule has 1 aliphatic heterocycles. The van der Waals surface area contributed by atoms with Crippen molar-refractivity contribution in [2.75, 3.05) is 75.5 Å². The van der Waals surface area contributed by atoms with Crippen LogP contribution in [0.2, 0.25) is 5.02 Å². The van der Waals surface area contributed by atoms with E-state index in [1.807, 2.05) is 144 Å². The van der Waals surface area contributed by atoms with Crippen molar-refractivity contribution in [3.8, 4) is 40.6 Å². The van der Waals surface area contributed by atoms with Crippen LogP contribution in [0.3, 0.4) is 0 Å². The molecule has 2 aromatic heterocycles. The molecule has 0 radical (unpaired) electrons. The average Bonchev–Trinajstić information content (AvgIpc) is 1.56. The number of hydrogen-bond acceptors (Lipinski definition) is 33. The minimum Gasteiger partial charge on any atom is -0.496 e. The number of aromatic nitrogens is 6. The van der Waals surface area contributed by atoms with Gasteiger partial charge in [0.1, 0.15) is 68.4 Å². The first kappa shape index (κ1) is 117. The van der Waals surface area contributed by atoms with Crippen LogP contribution >= 0.6 is 81.1 Å². The van der Waals surface area contributed by atoms with Crippen LogP contribution in [-0.2, 0) is 88.5 Å². The Morgan fingerprint density at radius 2 is 1.20 bits per heavy atom. The lowest BCUT2D eigenvalue weighted by Crippen LogP contribution is -2.34. The number of ether oxygens (including phenoxy) is 8. The number of aliphatic imine (C=N–C) groups is 2. The van der Waals surface area contributed by atoms with Crippen LogP contribution in [0.4, 0.5) is 16.2 Å². The number of benzene rings is 9. The topological polar surface area (TPSA) is 354 Å². The summed E-state index contributed by atoms with van der Waals surface area (Å²) >= 11 is 32.0. The number of methoxy groups -OCH3 is 2. The fraction of sp³-hybridized carbons (Fsp3) is 0.347. The first-order valence-corrected chi connectivity index (χ1v) is 55.2. The molecule has 1 unspecified atom stereocenters. The average molecular weight is 2150 g/mol. The van der Waals surface area contributed by atoms with Gasteiger partial charge in [0.2, 0.25) is 17.5 Å². The summed E-state index contributed by atoms with van der Waals surface area (Å²) in [7, 11) is 9.48. The van der Waals surface area contributed by atoms with Gasteiger partial charge in [-0.1, -0.05) is 179 Å². The van der Waals surface area contributed by atoms with Crippen molar-refractivity contribution in [3.63, 3.8) is 0 Å². The number of carbonyl (C=O) groups is 4. The number of allylic oxidation sites excluding steroid dienone is 1. The summed E-state index contributed by atoms with van der Waals surface area (Å²) in [5, 5.41) is 30.6. The van der Waals surface area contributed by atoms with Crippen molar-refractivity contribution in [3.05, 3.63) is 281 Å². The van der Waals surface area contributed by atoms with Crippen LogP contribution in [0.25, 0.3) is 21.8 Å². The number of nitriles is 1. The van der Waals surface area contributed by atoms with Crippen molar-refractivity contribution in [2.24, 2.45) is 32.4 Å². The third-order valence-electron chi connectivity index (χ3n) is 20.7. The summed E-state index contributed by atoms with van der Waals surface area (Å²) in [4.78, 5) is 89.6. The molecule has 0 spiro atoms. The zero-order chi connectivity index (χ0) is 105. The van der Waals surface area contributed by atoms with Gasteiger partial charge < -0.3 is 65.7 Å². The van der Waals surface area contributed by atoms with Crippen molar-refractivity contribution in [1.82, 2.24) is 43.5 Å². The van der Waals surface area contributed by atoms with Crippen molar-refractivity contribution in [1.29, 1.82) is 5.26 Å². The number of para-hydroxylation sites is 2. The number of carbonyl (C=O) groups excluding carboxylic acids is 4. The highest BCUT2D eigenvalue weighted by Crippen LogP contribution is 2.62. The molecular formula is C101H118Cl3N13O19P2S5. The Hall–Kier alpha value is -11.1. The van der Waals surface area contributed by atoms with Gasteiger partial charge >= 0.3 is 24.0 Å². The molecule has 13 rings (SSSR count). The molecule has 2 aliphatic rings. The third kappa shape index (κ3) is 35.9. The van der Waals surface area contributed by atoms with E-state index in [0.717, 1.165) is 23.4 Å². The van der Waals surface area contributed by atoms with E-state index >= 15 is 0 Å². The number of fused-ring (bicyclic) bond motifs is 3. The van der Waals surface area contributed by atoms with Crippen LogP contribution in [0, 0.1) is 56.3 Å². The lowest BCUT2D eigenvalue weighted by atomic mass is 10.0. The number of rotatable bonds is 36. The van der Waals surface area contributed by atoms with Gasteiger partial charge in [0.05, 0.1) is 91.8 Å². The number of halogens is 3. The number of nitrogens with zero attached hydrogens (tertiary/aromatic N) is 13. The maximum atomic E-state index is 12.6. The molecule has 143 heavy (non-hydrogen) atoms. The number of amides is 1. The lowest BCUT2D eigenvalue weighted by molar-refractivity contribution is -0.149. The van der Waals surface area contributed by atoms with Gasteiger partial charge in [-0.05, 0) is 254 Å². The summed E-state index contributed by atoms with van der Waals surface area (Å²) in [6.07, 6.45) is 4.71. The first-order valence-electron chi connectivity index (χ1n) is 44.9. The summed E-state index contributed by atoms with van der Waals surface area (Å²) in [6.45, 7) is 29.5. The number of esters is 3. The number of hydrogen-bond donors (Lipinski definition) is 0. The monoisotopic (exact) mass is 2140 g/mol. The first-order chi connectivity index (χ1) is 68.2. The predicted molar refractivity (Wildman–Crippen MR) is 576 cm³/mol. The molecule has 1 fully saturated rings. The van der Waals surface area contributed by atoms with E-state index in [0.29, 0.717) is 93.1 Å². The molecule has 762 valence electrons. The molecule has 3 atom stereocenters. The fourth-order valence-electron chi connectivity index (χ4n) is 13.5. The second-order valence-corrected chi connectivity index (χ2v) is 48.0. The quantitative estimate of drug-likeness (QED) is 0.00669. The third-order valence-corrected chi connectivity index (χ3v) is 33.4. The smallest absolute Gasteiger partial charge is 0.426 e. The zero-order valence-electron chi connectivity index (χ0n) is 83.1. The molecule has 9 aromatic carbocycles. The minimum absolute atomic E-state index is 0.105. The van der Waals surface area contributed by atoms with Crippen LogP contribution in [0.15, 0.2) is 235 Å². The summed E-state index contributed by atoms with van der Waals surface area (Å²) in [5.74, 6) is 1.53. The van der Waals surface area contributed by atoms with Crippen LogP contribution < -0.4 is 34.8 Å². The highest BCUT2D eigenvalue weighted by Gasteiger charge is 2.62. The van der Waals surface area contributed by atoms with Gasteiger partial charge in [0.25, 0.3) is 17.0 Å². The van der Waals surface area contributed by atoms with Gasteiger partial charge in [0, 0.05) is 70.6 Å². The highest BCUT2D eigenvalue weighted by atomic mass is 35.5. The Labute approximate surface area is 871 Å². The Bertz CT molecular complexity index is 6470. The zero-order valence-corrected chi connectivity index (χ0v) is 91.2. The predicted octanol–water partition coefficient (Wildman–Crippen LogP) is 23.8. The Morgan fingerprint density at radius 1 is 0.657 bits per heavy atom. The van der Waals surface area contributed by atoms with Gasteiger partial charge in [-0.25, -0.2) is 28.2 Å². The van der Waals surface area contributed by atoms with Crippen LogP contribution in [-0.4, -0.2) is 173 Å². The standard InChI is InChI=1S/C22H19Cl2NO3.C20H30N2O5S.C19H23N3.C18H18ClNO5.C12H16N3O3PS2.C10H12N3O3PS2/c1-22(2)17(12-19(23)24)20(22)21(26)28-18(13-25)14-7-6-10-16(11-14)27-15-8-4-3-5-9-15;1-7-25-17(23)11-12-22(14(2)3)28-21(6)19(24)26-16-10-8-9-15-13-20(4,5)27-18(15)16;1-14-6-8-18(16(3)10-14)20-12-22(5)13-21-19-9-7-15(2)11-17(19)4;1-4-24-20-17(25-18(21)12-8-6-5-7-9-12)15-14(22-2)11-10-13(19)16(15)23-3;1-3-17-19(20,18-4-2)21-9-15-12(16)10-7-5-6-8-11(10)13-14-15;1-15-17(18,16-2)19-7-13-10(14)8-5-3-4-6-9(8)11-12-13/h3-12,17-18,20H,1-2H3;8-10,14H,7,11-13H2,1-6H3;6-13H,1-5H3;5-11H,4H2,1-3H3;5-8H,3-4,9H2,1-2H3;3-6H,7H2,1-2H3/b;;20-12+,21-13+;20-17-;;/t17-,18?,20-;;;;;/m0...../s1. The van der Waals surface area contributed by atoms with Crippen molar-refractivity contribution < 1.29 is 80.0 Å². The molecule has 0 bridgehead atoms. The molecule has 42 heteroatoms. The molecular weight excluding hydrogens is 2030 g/mol. The van der Waals surface area contributed by atoms with E-state index in [9.17, 15) is 34.0 Å². The molecule has 0 saturated heterocycles. The van der Waals surface area contributed by atoms with Gasteiger partial charge in [0.15, 0.2) is 17.2 Å². The molecule has 11 aromatic rings. The van der Waals surface area contributed by atoms with Gasteiger partial charge in [-0.3, -0.25) is 19.2 Å². The largest absolute Gasteiger partial charge is 0.496 e. The molecule has 1 amide bonds. The Kier molecular flexibility index (Phi) is 47.1. The maximum absolute atomic E-state index is 12.6. The summed E-state index contributed by atoms with van der Waals surface area (Å²) in [5.41, 5.74) is 4.34. The maximum Gasteiger partial charge on any atom is 0.426 e. The van der Waals surface area contributed by atoms with E-state index in [1.54, 1.807) is 149 Å². The Morgan fingerprint density at radius 3 is 1.72 bits per heavy atom. The molecule has 1 saturated carbocycles. The van der Waals surface area contributed by atoms with Crippen LogP contribution in [0.1, 0.15) is 131 Å². The van der Waals surface area contributed by atoms with E-state index in [-0.39, 0.29) is 92.5 Å². The minimum atomic E-state index is -2.44. The highest BCUT2D eigenvalue weighted by molar-refractivity contribution is 8.67. The number of oxime groups is 1. The second kappa shape index (κ2) is 57.5. The molecule has 3 heterocycles. The number of aryl methyl sites for hydroxylation is 4. The molecule has 32 nitrogen and oxygen atoms in total. The fourth-order valence-corrected chi connectivity index (χ4v) is 21.6. The molecule has 1 aliphatic carbocycles. The Balaban J connectivity index is 0.000000211. The van der Waals surface area contributed by atoms with Gasteiger partial charge in [-0.15, -0.1) is 10.2 Å². The molecule has 0 N–H and O–H groups in total. The summed E-state index contributed by atoms with van der Waals surface area (Å²) < 4.78 is 71.2. The van der Waals surface area contributed by atoms with E-state index in [2.05, 4.69) is 87.7 Å². The van der Waals surface area contributed by atoms with E-state index in [1.165, 1.54) is 99.3 Å². The lowest BCUT2D eigenvalue weighted by Gasteiger charge is -2.28. The summed E-state index contributed by atoms with van der Waals surface area (Å²) in [6, 6.07) is 62.4. The second-order valence-electron chi connectivity index (χ2n) is 32.6. The van der Waals surface area contributed by atoms with Crippen LogP contribution in [0.5, 0.6) is 34.5 Å². The van der Waals surface area contributed by atoms with Crippen molar-refractivity contribution >= 4 is 180 Å². The van der Waals surface area contributed by atoms with E-state index < -0.39 is 35.5 Å². The van der Waals surface area contributed by atoms with E-state index in [4.69, 9.17) is 119 Å². The SMILES string of the molecule is CC1(C)[C@H](C(=O)OC(C#N)c2cccc(Oc3ccccc3)c2)[C@@H]1C=C(Cl)Cl.CCO/N=C(\OC(=O)c1ccccc1)c1c(OC)ccc(Cl)c1OC.CCOC(=O)CCN(SN(C)C(=O)Oc1cccc2c1OC(C)(C)C2)C(C)C.CCOP(=S)(OCC)SCn1nnc2ccccc2c1=O.COP(=S)(OC)SCn1nnc2ccccc2c1=O.Cc1ccc(/N=C/N(C)/C=N/c2ccc(C)cc2C)c(C)c1. The normalized spacial score (nSPS) is 13.9. The van der Waals surface area contributed by atoms with Crippen molar-refractivity contribution in [2.45, 2.75) is 139 Å².